The predicted octanol–water partition coefficient (Wildman–Crippen LogP) is 3.47. The fraction of sp³-hybridized carbons (Fsp3) is 0.471. The molecule has 0 bridgehead atoms. The normalized spacial score (nSPS) is 14.2. The summed E-state index contributed by atoms with van der Waals surface area (Å²) in [4.78, 5) is 13.6. The van der Waals surface area contributed by atoms with Crippen molar-refractivity contribution in [3.8, 4) is 0 Å². The van der Waals surface area contributed by atoms with Gasteiger partial charge in [-0.2, -0.15) is 0 Å². The summed E-state index contributed by atoms with van der Waals surface area (Å²) in [5.41, 5.74) is 3.55. The van der Waals surface area contributed by atoms with Crippen LogP contribution in [0.1, 0.15) is 54.7 Å². The fourth-order valence-corrected chi connectivity index (χ4v) is 2.39. The number of rotatable bonds is 6. The van der Waals surface area contributed by atoms with E-state index >= 15 is 0 Å². The molecule has 21 heavy (non-hydrogen) atoms. The molecule has 1 saturated carbocycles. The van der Waals surface area contributed by atoms with Gasteiger partial charge in [0.1, 0.15) is 11.6 Å². The largest absolute Gasteiger partial charge is 0.370 e. The molecular formula is C17H22N4. The van der Waals surface area contributed by atoms with Gasteiger partial charge >= 0.3 is 0 Å². The van der Waals surface area contributed by atoms with Crippen LogP contribution >= 0.6 is 0 Å². The Balaban J connectivity index is 1.91. The number of hydrogen-bond acceptors (Lipinski definition) is 4. The van der Waals surface area contributed by atoms with Crippen LogP contribution in [0.2, 0.25) is 0 Å². The fourth-order valence-electron chi connectivity index (χ4n) is 2.39. The second kappa shape index (κ2) is 6.20. The minimum atomic E-state index is 0.573. The molecule has 3 rings (SSSR count). The van der Waals surface area contributed by atoms with Crippen molar-refractivity contribution in [3.63, 3.8) is 0 Å². The van der Waals surface area contributed by atoms with Crippen molar-refractivity contribution >= 4 is 5.82 Å². The van der Waals surface area contributed by atoms with E-state index in [1.165, 1.54) is 24.0 Å². The third-order valence-electron chi connectivity index (χ3n) is 3.87. The molecule has 2 aromatic heterocycles. The quantitative estimate of drug-likeness (QED) is 0.881. The van der Waals surface area contributed by atoms with Crippen LogP contribution in [0.5, 0.6) is 0 Å². The zero-order chi connectivity index (χ0) is 14.7. The summed E-state index contributed by atoms with van der Waals surface area (Å²) >= 11 is 0. The highest BCUT2D eigenvalue weighted by Crippen LogP contribution is 2.39. The second-order valence-electron chi connectivity index (χ2n) is 5.74. The molecule has 0 aromatic carbocycles. The summed E-state index contributed by atoms with van der Waals surface area (Å²) in [6.07, 6.45) is 8.07. The zero-order valence-electron chi connectivity index (χ0n) is 12.8. The van der Waals surface area contributed by atoms with E-state index in [2.05, 4.69) is 36.3 Å². The minimum Gasteiger partial charge on any atom is -0.370 e. The Labute approximate surface area is 126 Å². The number of anilines is 1. The average molecular weight is 282 g/mol. The highest BCUT2D eigenvalue weighted by molar-refractivity contribution is 5.47. The number of pyridine rings is 1. The lowest BCUT2D eigenvalue weighted by Crippen LogP contribution is -2.10. The van der Waals surface area contributed by atoms with Gasteiger partial charge in [-0.1, -0.05) is 6.92 Å². The summed E-state index contributed by atoms with van der Waals surface area (Å²) in [7, 11) is 0. The minimum absolute atomic E-state index is 0.573. The molecular weight excluding hydrogens is 260 g/mol. The van der Waals surface area contributed by atoms with E-state index in [-0.39, 0.29) is 0 Å². The Kier molecular flexibility index (Phi) is 4.13. The Morgan fingerprint density at radius 1 is 1.19 bits per heavy atom. The van der Waals surface area contributed by atoms with Gasteiger partial charge in [-0.3, -0.25) is 4.98 Å². The van der Waals surface area contributed by atoms with E-state index in [1.54, 1.807) is 0 Å². The van der Waals surface area contributed by atoms with E-state index in [0.717, 1.165) is 36.7 Å². The molecule has 0 aliphatic heterocycles. The standard InChI is InChI=1S/C17H22N4/c1-3-8-19-16-12(2)15(11-13-6-9-18-10-7-13)20-17(21-16)14-4-5-14/h6-7,9-10,14H,3-5,8,11H2,1-2H3,(H,19,20,21). The molecule has 1 fully saturated rings. The molecule has 4 nitrogen and oxygen atoms in total. The maximum Gasteiger partial charge on any atom is 0.134 e. The van der Waals surface area contributed by atoms with Gasteiger partial charge in [-0.15, -0.1) is 0 Å². The topological polar surface area (TPSA) is 50.7 Å². The van der Waals surface area contributed by atoms with Crippen LogP contribution in [0.25, 0.3) is 0 Å². The maximum atomic E-state index is 4.83. The van der Waals surface area contributed by atoms with Crippen molar-refractivity contribution in [1.29, 1.82) is 0 Å². The SMILES string of the molecule is CCCNc1nc(C2CC2)nc(Cc2ccncc2)c1C. The Bertz CT molecular complexity index is 606. The average Bonchev–Trinajstić information content (AvgIpc) is 3.34. The van der Waals surface area contributed by atoms with Crippen molar-refractivity contribution < 1.29 is 0 Å². The molecule has 0 amide bonds. The van der Waals surface area contributed by atoms with Gasteiger partial charge in [0.05, 0.1) is 5.69 Å². The smallest absolute Gasteiger partial charge is 0.134 e. The highest BCUT2D eigenvalue weighted by Gasteiger charge is 2.28. The van der Waals surface area contributed by atoms with Crippen LogP contribution in [0, 0.1) is 6.92 Å². The van der Waals surface area contributed by atoms with Gasteiger partial charge in [0.15, 0.2) is 0 Å². The molecule has 1 aliphatic rings. The van der Waals surface area contributed by atoms with E-state index in [4.69, 9.17) is 9.97 Å². The van der Waals surface area contributed by atoms with Crippen LogP contribution in [0.15, 0.2) is 24.5 Å². The van der Waals surface area contributed by atoms with Crippen molar-refractivity contribution in [3.05, 3.63) is 47.2 Å². The maximum absolute atomic E-state index is 4.83. The molecule has 0 saturated heterocycles. The number of hydrogen-bond donors (Lipinski definition) is 1. The number of aromatic nitrogens is 3. The van der Waals surface area contributed by atoms with Gasteiger partial charge < -0.3 is 5.32 Å². The lowest BCUT2D eigenvalue weighted by molar-refractivity contribution is 0.863. The third-order valence-corrected chi connectivity index (χ3v) is 3.87. The summed E-state index contributed by atoms with van der Waals surface area (Å²) in [6.45, 7) is 5.24. The first-order valence-corrected chi connectivity index (χ1v) is 7.78. The van der Waals surface area contributed by atoms with Crippen molar-refractivity contribution in [2.24, 2.45) is 0 Å². The summed E-state index contributed by atoms with van der Waals surface area (Å²) in [5, 5.41) is 3.45. The van der Waals surface area contributed by atoms with E-state index in [9.17, 15) is 0 Å². The third kappa shape index (κ3) is 3.38. The molecule has 110 valence electrons. The molecule has 0 radical (unpaired) electrons. The van der Waals surface area contributed by atoms with Gasteiger partial charge in [-0.25, -0.2) is 9.97 Å². The van der Waals surface area contributed by atoms with E-state index in [0.29, 0.717) is 5.92 Å². The lowest BCUT2D eigenvalue weighted by Gasteiger charge is -2.13. The Morgan fingerprint density at radius 2 is 1.95 bits per heavy atom. The Morgan fingerprint density at radius 3 is 2.62 bits per heavy atom. The van der Waals surface area contributed by atoms with Gasteiger partial charge in [0, 0.05) is 36.8 Å². The lowest BCUT2D eigenvalue weighted by atomic mass is 10.1. The van der Waals surface area contributed by atoms with Crippen LogP contribution in [-0.4, -0.2) is 21.5 Å². The Hall–Kier alpha value is -1.97. The number of nitrogens with zero attached hydrogens (tertiary/aromatic N) is 3. The number of nitrogens with one attached hydrogen (secondary N) is 1. The molecule has 2 heterocycles. The van der Waals surface area contributed by atoms with Gasteiger partial charge in [0.25, 0.3) is 0 Å². The molecule has 0 spiro atoms. The molecule has 2 aromatic rings. The first kappa shape index (κ1) is 14.0. The monoisotopic (exact) mass is 282 g/mol. The highest BCUT2D eigenvalue weighted by atomic mass is 15.0. The first-order chi connectivity index (χ1) is 10.3. The first-order valence-electron chi connectivity index (χ1n) is 7.78. The second-order valence-corrected chi connectivity index (χ2v) is 5.74. The predicted molar refractivity (Wildman–Crippen MR) is 84.6 cm³/mol. The van der Waals surface area contributed by atoms with Crippen LogP contribution in [0.3, 0.4) is 0 Å². The van der Waals surface area contributed by atoms with Crippen molar-refractivity contribution in [2.75, 3.05) is 11.9 Å². The van der Waals surface area contributed by atoms with Crippen LogP contribution < -0.4 is 5.32 Å². The van der Waals surface area contributed by atoms with Crippen LogP contribution in [0.4, 0.5) is 5.82 Å². The molecule has 0 atom stereocenters. The van der Waals surface area contributed by atoms with Crippen molar-refractivity contribution in [1.82, 2.24) is 15.0 Å². The zero-order valence-corrected chi connectivity index (χ0v) is 12.8. The molecule has 1 aliphatic carbocycles. The van der Waals surface area contributed by atoms with Gasteiger partial charge in [0.2, 0.25) is 0 Å². The van der Waals surface area contributed by atoms with E-state index < -0.39 is 0 Å². The molecule has 4 heteroatoms. The molecule has 1 N–H and O–H groups in total. The van der Waals surface area contributed by atoms with Crippen molar-refractivity contribution in [2.45, 2.75) is 45.4 Å². The van der Waals surface area contributed by atoms with Crippen LogP contribution in [-0.2, 0) is 6.42 Å². The van der Waals surface area contributed by atoms with Gasteiger partial charge in [-0.05, 0) is 43.9 Å². The summed E-state index contributed by atoms with van der Waals surface area (Å²) in [6, 6.07) is 4.11. The van der Waals surface area contributed by atoms with E-state index in [1.807, 2.05) is 12.4 Å². The summed E-state index contributed by atoms with van der Waals surface area (Å²) < 4.78 is 0. The summed E-state index contributed by atoms with van der Waals surface area (Å²) in [5.74, 6) is 2.60. The molecule has 0 unspecified atom stereocenters.